The number of aryl methyl sites for hydroxylation is 2. The van der Waals surface area contributed by atoms with Crippen molar-refractivity contribution in [1.29, 1.82) is 0 Å². The van der Waals surface area contributed by atoms with Gasteiger partial charge in [-0.15, -0.1) is 0 Å². The van der Waals surface area contributed by atoms with Gasteiger partial charge in [0.2, 0.25) is 0 Å². The molecule has 0 bridgehead atoms. The molecule has 1 saturated heterocycles. The molecule has 4 aromatic rings. The highest BCUT2D eigenvalue weighted by Crippen LogP contribution is 2.28. The summed E-state index contributed by atoms with van der Waals surface area (Å²) in [5.74, 6) is 0.0951. The maximum Gasteiger partial charge on any atom is 0.289 e. The summed E-state index contributed by atoms with van der Waals surface area (Å²) in [5.41, 5.74) is 3.71. The van der Waals surface area contributed by atoms with E-state index in [0.717, 1.165) is 22.3 Å². The molecule has 0 aliphatic carbocycles. The number of pyridine rings is 1. The Labute approximate surface area is 185 Å². The fourth-order valence-electron chi connectivity index (χ4n) is 4.21. The van der Waals surface area contributed by atoms with Crippen molar-refractivity contribution >= 4 is 22.8 Å². The Morgan fingerprint density at radius 1 is 0.938 bits per heavy atom. The lowest BCUT2D eigenvalue weighted by molar-refractivity contribution is 0.0519. The average Bonchev–Trinajstić information content (AvgIpc) is 3.47. The molecule has 0 spiro atoms. The van der Waals surface area contributed by atoms with Crippen molar-refractivity contribution in [1.82, 2.24) is 24.6 Å². The minimum atomic E-state index is -0.150. The summed E-state index contributed by atoms with van der Waals surface area (Å²) in [6.45, 7) is 3.71. The molecule has 0 atom stereocenters. The molecule has 1 aromatic carbocycles. The Balaban J connectivity index is 1.45. The van der Waals surface area contributed by atoms with Gasteiger partial charge in [-0.2, -0.15) is 5.10 Å². The monoisotopic (exact) mass is 429 g/mol. The molecule has 0 radical (unpaired) electrons. The van der Waals surface area contributed by atoms with E-state index in [0.29, 0.717) is 43.1 Å². The standard InChI is InChI=1S/C24H23N5O3/c1-16-21-18(15-19(17-7-4-3-5-8-17)25-22(21)27(2)26-16)23(30)28-10-12-29(13-11-28)24(31)20-9-6-14-32-20/h3-9,14-15H,10-13H2,1-2H3. The van der Waals surface area contributed by atoms with Crippen molar-refractivity contribution in [3.63, 3.8) is 0 Å². The van der Waals surface area contributed by atoms with Crippen LogP contribution < -0.4 is 0 Å². The maximum absolute atomic E-state index is 13.6. The van der Waals surface area contributed by atoms with Crippen molar-refractivity contribution in [3.8, 4) is 11.3 Å². The predicted octanol–water partition coefficient (Wildman–Crippen LogP) is 3.13. The van der Waals surface area contributed by atoms with E-state index in [9.17, 15) is 9.59 Å². The third-order valence-corrected chi connectivity index (χ3v) is 5.85. The molecular weight excluding hydrogens is 406 g/mol. The van der Waals surface area contributed by atoms with Crippen LogP contribution in [0.2, 0.25) is 0 Å². The van der Waals surface area contributed by atoms with E-state index in [1.165, 1.54) is 6.26 Å². The molecule has 5 rings (SSSR count). The van der Waals surface area contributed by atoms with Gasteiger partial charge in [-0.05, 0) is 25.1 Å². The van der Waals surface area contributed by atoms with Crippen LogP contribution in [-0.4, -0.2) is 62.6 Å². The predicted molar refractivity (Wildman–Crippen MR) is 119 cm³/mol. The van der Waals surface area contributed by atoms with Crippen LogP contribution in [0.1, 0.15) is 26.6 Å². The third kappa shape index (κ3) is 3.43. The summed E-state index contributed by atoms with van der Waals surface area (Å²) in [4.78, 5) is 34.4. The van der Waals surface area contributed by atoms with E-state index in [-0.39, 0.29) is 11.8 Å². The van der Waals surface area contributed by atoms with Gasteiger partial charge in [0.25, 0.3) is 11.8 Å². The van der Waals surface area contributed by atoms with Crippen LogP contribution in [0.5, 0.6) is 0 Å². The molecule has 32 heavy (non-hydrogen) atoms. The van der Waals surface area contributed by atoms with Crippen molar-refractivity contribution < 1.29 is 14.0 Å². The highest BCUT2D eigenvalue weighted by Gasteiger charge is 2.29. The van der Waals surface area contributed by atoms with E-state index in [1.807, 2.05) is 50.4 Å². The summed E-state index contributed by atoms with van der Waals surface area (Å²) in [6.07, 6.45) is 1.49. The highest BCUT2D eigenvalue weighted by atomic mass is 16.3. The van der Waals surface area contributed by atoms with Crippen LogP contribution in [0.3, 0.4) is 0 Å². The van der Waals surface area contributed by atoms with Crippen LogP contribution in [-0.2, 0) is 7.05 Å². The smallest absolute Gasteiger partial charge is 0.289 e. The molecule has 2 amide bonds. The Hall–Kier alpha value is -3.94. The van der Waals surface area contributed by atoms with Gasteiger partial charge in [0, 0.05) is 38.8 Å². The second-order valence-electron chi connectivity index (χ2n) is 7.89. The quantitative estimate of drug-likeness (QED) is 0.500. The second kappa shape index (κ2) is 7.96. The molecule has 8 heteroatoms. The maximum atomic E-state index is 13.6. The zero-order valence-electron chi connectivity index (χ0n) is 18.0. The van der Waals surface area contributed by atoms with Crippen LogP contribution in [0, 0.1) is 6.92 Å². The first-order valence-electron chi connectivity index (χ1n) is 10.5. The molecule has 0 unspecified atom stereocenters. The molecule has 1 aliphatic heterocycles. The van der Waals surface area contributed by atoms with E-state index in [4.69, 9.17) is 9.40 Å². The van der Waals surface area contributed by atoms with Gasteiger partial charge >= 0.3 is 0 Å². The number of hydrogen-bond acceptors (Lipinski definition) is 5. The number of furan rings is 1. The van der Waals surface area contributed by atoms with E-state index in [1.54, 1.807) is 26.6 Å². The Kier molecular flexibility index (Phi) is 4.97. The first-order chi connectivity index (χ1) is 15.5. The highest BCUT2D eigenvalue weighted by molar-refractivity contribution is 6.07. The van der Waals surface area contributed by atoms with Gasteiger partial charge in [0.05, 0.1) is 28.6 Å². The summed E-state index contributed by atoms with van der Waals surface area (Å²) in [5, 5.41) is 5.27. The fraction of sp³-hybridized carbons (Fsp3) is 0.250. The zero-order chi connectivity index (χ0) is 22.2. The van der Waals surface area contributed by atoms with Gasteiger partial charge < -0.3 is 14.2 Å². The normalized spacial score (nSPS) is 14.2. The summed E-state index contributed by atoms with van der Waals surface area (Å²) in [7, 11) is 1.84. The molecule has 1 fully saturated rings. The average molecular weight is 429 g/mol. The van der Waals surface area contributed by atoms with Crippen molar-refractivity contribution in [2.75, 3.05) is 26.2 Å². The topological polar surface area (TPSA) is 84.5 Å². The van der Waals surface area contributed by atoms with Gasteiger partial charge in [0.15, 0.2) is 11.4 Å². The summed E-state index contributed by atoms with van der Waals surface area (Å²) >= 11 is 0. The lowest BCUT2D eigenvalue weighted by atomic mass is 10.0. The van der Waals surface area contributed by atoms with Crippen LogP contribution in [0.15, 0.2) is 59.2 Å². The van der Waals surface area contributed by atoms with Crippen LogP contribution in [0.25, 0.3) is 22.3 Å². The van der Waals surface area contributed by atoms with Crippen molar-refractivity contribution in [2.45, 2.75) is 6.92 Å². The first-order valence-corrected chi connectivity index (χ1v) is 10.5. The SMILES string of the molecule is Cc1nn(C)c2nc(-c3ccccc3)cc(C(=O)N3CCN(C(=O)c4ccco4)CC3)c12. The number of nitrogens with zero attached hydrogens (tertiary/aromatic N) is 5. The number of carbonyl (C=O) groups excluding carboxylic acids is 2. The number of amides is 2. The fourth-order valence-corrected chi connectivity index (χ4v) is 4.21. The second-order valence-corrected chi connectivity index (χ2v) is 7.89. The third-order valence-electron chi connectivity index (χ3n) is 5.85. The van der Waals surface area contributed by atoms with Gasteiger partial charge in [0.1, 0.15) is 0 Å². The van der Waals surface area contributed by atoms with Crippen molar-refractivity contribution in [3.05, 3.63) is 71.8 Å². The lowest BCUT2D eigenvalue weighted by Gasteiger charge is -2.34. The first kappa shape index (κ1) is 20.0. The number of carbonyl (C=O) groups is 2. The van der Waals surface area contributed by atoms with Gasteiger partial charge in [-0.3, -0.25) is 14.3 Å². The Morgan fingerprint density at radius 2 is 1.62 bits per heavy atom. The number of rotatable bonds is 3. The minimum absolute atomic E-state index is 0.0734. The molecule has 0 N–H and O–H groups in total. The van der Waals surface area contributed by atoms with Gasteiger partial charge in [-0.1, -0.05) is 30.3 Å². The van der Waals surface area contributed by atoms with Gasteiger partial charge in [-0.25, -0.2) is 4.98 Å². The molecule has 3 aromatic heterocycles. The Morgan fingerprint density at radius 3 is 2.28 bits per heavy atom. The molecule has 162 valence electrons. The number of hydrogen-bond donors (Lipinski definition) is 0. The van der Waals surface area contributed by atoms with Crippen molar-refractivity contribution in [2.24, 2.45) is 7.05 Å². The molecule has 0 saturated carbocycles. The minimum Gasteiger partial charge on any atom is -0.459 e. The Bertz CT molecular complexity index is 1290. The van der Waals surface area contributed by atoms with Crippen LogP contribution >= 0.6 is 0 Å². The summed E-state index contributed by atoms with van der Waals surface area (Å²) in [6, 6.07) is 15.0. The van der Waals surface area contributed by atoms with Crippen LogP contribution in [0.4, 0.5) is 0 Å². The van der Waals surface area contributed by atoms with E-state index < -0.39 is 0 Å². The molecule has 1 aliphatic rings. The zero-order valence-corrected chi connectivity index (χ0v) is 18.0. The molecular formula is C24H23N5O3. The molecule has 4 heterocycles. The molecule has 8 nitrogen and oxygen atoms in total. The van der Waals surface area contributed by atoms with E-state index >= 15 is 0 Å². The number of piperazine rings is 1. The lowest BCUT2D eigenvalue weighted by Crippen LogP contribution is -2.50. The number of fused-ring (bicyclic) bond motifs is 1. The van der Waals surface area contributed by atoms with E-state index in [2.05, 4.69) is 5.10 Å². The largest absolute Gasteiger partial charge is 0.459 e. The summed E-state index contributed by atoms with van der Waals surface area (Å²) < 4.78 is 6.94. The number of aromatic nitrogens is 3. The number of benzene rings is 1.